The van der Waals surface area contributed by atoms with Crippen molar-refractivity contribution in [3.05, 3.63) is 29.0 Å². The van der Waals surface area contributed by atoms with Gasteiger partial charge < -0.3 is 10.2 Å². The Balaban J connectivity index is 2.34. The second-order valence-electron chi connectivity index (χ2n) is 3.32. The van der Waals surface area contributed by atoms with E-state index in [2.05, 4.69) is 11.9 Å². The average molecular weight is 222 g/mol. The molecule has 3 nitrogen and oxygen atoms in total. The van der Waals surface area contributed by atoms with Gasteiger partial charge >= 0.3 is 0 Å². The lowest BCUT2D eigenvalue weighted by molar-refractivity contribution is 0.581. The van der Waals surface area contributed by atoms with Gasteiger partial charge in [-0.15, -0.1) is 11.3 Å². The van der Waals surface area contributed by atoms with E-state index < -0.39 is 0 Å². The third-order valence-corrected chi connectivity index (χ3v) is 3.32. The molecule has 0 amide bonds. The first-order valence-corrected chi connectivity index (χ1v) is 5.89. The summed E-state index contributed by atoms with van der Waals surface area (Å²) >= 11 is 1.63. The number of hydrogen-bond donors (Lipinski definition) is 1. The van der Waals surface area contributed by atoms with Crippen LogP contribution in [0.15, 0.2) is 22.8 Å². The smallest absolute Gasteiger partial charge is 0.162 e. The molecule has 2 rings (SSSR count). The molecule has 0 spiro atoms. The number of nitrogens with zero attached hydrogens (tertiary/aromatic N) is 1. The molecule has 15 heavy (non-hydrogen) atoms. The standard InChI is InChI=1S/C11H14N2OS/c1-2-4-8-10(7-12)15-11(13-8)9-5-3-6-14-9/h3,5-6H,2,4,7,12H2,1H3. The van der Waals surface area contributed by atoms with Gasteiger partial charge in [0.05, 0.1) is 12.0 Å². The molecule has 2 aromatic rings. The zero-order valence-electron chi connectivity index (χ0n) is 8.69. The first-order chi connectivity index (χ1) is 7.35. The molecule has 0 aliphatic heterocycles. The van der Waals surface area contributed by atoms with Crippen molar-refractivity contribution in [3.63, 3.8) is 0 Å². The van der Waals surface area contributed by atoms with Crippen LogP contribution in [0.25, 0.3) is 10.8 Å². The summed E-state index contributed by atoms with van der Waals surface area (Å²) in [6.45, 7) is 2.71. The van der Waals surface area contributed by atoms with Crippen LogP contribution in [0.3, 0.4) is 0 Å². The van der Waals surface area contributed by atoms with Gasteiger partial charge in [0.2, 0.25) is 0 Å². The summed E-state index contributed by atoms with van der Waals surface area (Å²) in [4.78, 5) is 5.73. The lowest BCUT2D eigenvalue weighted by atomic mass is 10.2. The SMILES string of the molecule is CCCc1nc(-c2ccco2)sc1CN. The van der Waals surface area contributed by atoms with Gasteiger partial charge in [-0.25, -0.2) is 4.98 Å². The van der Waals surface area contributed by atoms with Crippen molar-refractivity contribution in [2.45, 2.75) is 26.3 Å². The van der Waals surface area contributed by atoms with Gasteiger partial charge in [-0.2, -0.15) is 0 Å². The summed E-state index contributed by atoms with van der Waals surface area (Å²) in [6, 6.07) is 3.80. The Morgan fingerprint density at radius 1 is 1.53 bits per heavy atom. The highest BCUT2D eigenvalue weighted by Gasteiger charge is 2.12. The molecule has 0 bridgehead atoms. The second kappa shape index (κ2) is 4.59. The third kappa shape index (κ3) is 2.11. The van der Waals surface area contributed by atoms with E-state index in [-0.39, 0.29) is 0 Å². The summed E-state index contributed by atoms with van der Waals surface area (Å²) in [5, 5.41) is 0.934. The molecule has 0 atom stereocenters. The summed E-state index contributed by atoms with van der Waals surface area (Å²) < 4.78 is 5.32. The molecule has 4 heteroatoms. The fourth-order valence-electron chi connectivity index (χ4n) is 1.48. The van der Waals surface area contributed by atoms with Crippen molar-refractivity contribution in [2.24, 2.45) is 5.73 Å². The fourth-order valence-corrected chi connectivity index (χ4v) is 2.44. The van der Waals surface area contributed by atoms with Crippen LogP contribution in [0.2, 0.25) is 0 Å². The van der Waals surface area contributed by atoms with Gasteiger partial charge in [0.15, 0.2) is 10.8 Å². The molecule has 0 radical (unpaired) electrons. The average Bonchev–Trinajstić information content (AvgIpc) is 2.84. The van der Waals surface area contributed by atoms with E-state index in [1.54, 1.807) is 17.6 Å². The van der Waals surface area contributed by atoms with Crippen LogP contribution in [-0.4, -0.2) is 4.98 Å². The molecule has 0 saturated carbocycles. The lowest BCUT2D eigenvalue weighted by Gasteiger charge is -1.94. The number of hydrogen-bond acceptors (Lipinski definition) is 4. The van der Waals surface area contributed by atoms with Gasteiger partial charge in [0.25, 0.3) is 0 Å². The highest BCUT2D eigenvalue weighted by atomic mass is 32.1. The van der Waals surface area contributed by atoms with Crippen LogP contribution in [-0.2, 0) is 13.0 Å². The highest BCUT2D eigenvalue weighted by Crippen LogP contribution is 2.28. The number of furan rings is 1. The van der Waals surface area contributed by atoms with E-state index >= 15 is 0 Å². The number of aryl methyl sites for hydroxylation is 1. The summed E-state index contributed by atoms with van der Waals surface area (Å²) in [5.41, 5.74) is 6.81. The van der Waals surface area contributed by atoms with Crippen molar-refractivity contribution >= 4 is 11.3 Å². The Bertz CT molecular complexity index is 420. The minimum Gasteiger partial charge on any atom is -0.462 e. The van der Waals surface area contributed by atoms with Crippen molar-refractivity contribution in [2.75, 3.05) is 0 Å². The van der Waals surface area contributed by atoms with Crippen LogP contribution in [0.4, 0.5) is 0 Å². The quantitative estimate of drug-likeness (QED) is 0.865. The van der Waals surface area contributed by atoms with Crippen LogP contribution in [0.5, 0.6) is 0 Å². The minimum atomic E-state index is 0.563. The number of nitrogens with two attached hydrogens (primary N) is 1. The second-order valence-corrected chi connectivity index (χ2v) is 4.40. The first-order valence-electron chi connectivity index (χ1n) is 5.07. The van der Waals surface area contributed by atoms with Crippen LogP contribution >= 0.6 is 11.3 Å². The van der Waals surface area contributed by atoms with Gasteiger partial charge in [-0.1, -0.05) is 13.3 Å². The predicted molar refractivity (Wildman–Crippen MR) is 61.7 cm³/mol. The zero-order valence-corrected chi connectivity index (χ0v) is 9.51. The Morgan fingerprint density at radius 3 is 3.00 bits per heavy atom. The van der Waals surface area contributed by atoms with Crippen molar-refractivity contribution in [1.82, 2.24) is 4.98 Å². The van der Waals surface area contributed by atoms with Crippen molar-refractivity contribution in [1.29, 1.82) is 0 Å². The molecule has 2 aromatic heterocycles. The summed E-state index contributed by atoms with van der Waals surface area (Å²) in [5.74, 6) is 0.831. The number of aromatic nitrogens is 1. The molecule has 0 aliphatic rings. The molecular weight excluding hydrogens is 208 g/mol. The van der Waals surface area contributed by atoms with Crippen LogP contribution < -0.4 is 5.73 Å². The van der Waals surface area contributed by atoms with Crippen molar-refractivity contribution < 1.29 is 4.42 Å². The minimum absolute atomic E-state index is 0.563. The normalized spacial score (nSPS) is 10.8. The summed E-state index contributed by atoms with van der Waals surface area (Å²) in [6.07, 6.45) is 3.75. The zero-order chi connectivity index (χ0) is 10.7. The number of rotatable bonds is 4. The van der Waals surface area contributed by atoms with Gasteiger partial charge in [-0.3, -0.25) is 0 Å². The van der Waals surface area contributed by atoms with E-state index in [0.717, 1.165) is 29.3 Å². The monoisotopic (exact) mass is 222 g/mol. The molecule has 0 saturated heterocycles. The maximum Gasteiger partial charge on any atom is 0.162 e. The molecular formula is C11H14N2OS. The largest absolute Gasteiger partial charge is 0.462 e. The molecule has 0 unspecified atom stereocenters. The maximum absolute atomic E-state index is 5.69. The maximum atomic E-state index is 5.69. The topological polar surface area (TPSA) is 52.0 Å². The van der Waals surface area contributed by atoms with Gasteiger partial charge in [-0.05, 0) is 18.6 Å². The molecule has 2 N–H and O–H groups in total. The Kier molecular flexibility index (Phi) is 3.18. The molecule has 80 valence electrons. The van der Waals surface area contributed by atoms with E-state index in [4.69, 9.17) is 10.2 Å². The molecule has 0 aromatic carbocycles. The Hall–Kier alpha value is -1.13. The van der Waals surface area contributed by atoms with E-state index in [9.17, 15) is 0 Å². The molecule has 2 heterocycles. The summed E-state index contributed by atoms with van der Waals surface area (Å²) in [7, 11) is 0. The third-order valence-electron chi connectivity index (χ3n) is 2.18. The Labute approximate surface area is 92.9 Å². The fraction of sp³-hybridized carbons (Fsp3) is 0.364. The first kappa shape index (κ1) is 10.4. The molecule has 0 aliphatic carbocycles. The van der Waals surface area contributed by atoms with E-state index in [1.807, 2.05) is 12.1 Å². The highest BCUT2D eigenvalue weighted by molar-refractivity contribution is 7.15. The lowest BCUT2D eigenvalue weighted by Crippen LogP contribution is -1.97. The molecule has 0 fully saturated rings. The van der Waals surface area contributed by atoms with Gasteiger partial charge in [0.1, 0.15) is 0 Å². The van der Waals surface area contributed by atoms with Crippen molar-refractivity contribution in [3.8, 4) is 10.8 Å². The number of thiazole rings is 1. The van der Waals surface area contributed by atoms with Gasteiger partial charge in [0, 0.05) is 11.4 Å². The van der Waals surface area contributed by atoms with E-state index in [1.165, 1.54) is 4.88 Å². The predicted octanol–water partition coefficient (Wildman–Crippen LogP) is 2.81. The van der Waals surface area contributed by atoms with Crippen LogP contribution in [0, 0.1) is 0 Å². The van der Waals surface area contributed by atoms with E-state index in [0.29, 0.717) is 6.54 Å². The Morgan fingerprint density at radius 2 is 2.40 bits per heavy atom. The van der Waals surface area contributed by atoms with Crippen LogP contribution in [0.1, 0.15) is 23.9 Å².